The molecular formula is C27H31Cl2N5O3. The first kappa shape index (κ1) is 27.0. The van der Waals surface area contributed by atoms with Crippen LogP contribution in [0.4, 0.5) is 4.79 Å². The van der Waals surface area contributed by atoms with Gasteiger partial charge in [0, 0.05) is 30.5 Å². The van der Waals surface area contributed by atoms with Gasteiger partial charge in [-0.25, -0.2) is 4.79 Å². The van der Waals surface area contributed by atoms with Crippen LogP contribution in [0.1, 0.15) is 41.0 Å². The number of benzene rings is 2. The molecule has 3 aromatic rings. The van der Waals surface area contributed by atoms with Crippen LogP contribution < -0.4 is 10.6 Å². The quantitative estimate of drug-likeness (QED) is 0.349. The maximum atomic E-state index is 13.2. The second kappa shape index (κ2) is 10.7. The Balaban J connectivity index is 1.56. The first-order valence-corrected chi connectivity index (χ1v) is 12.9. The molecule has 1 saturated heterocycles. The highest BCUT2D eigenvalue weighted by Crippen LogP contribution is 2.26. The number of hydrogen-bond acceptors (Lipinski definition) is 4. The predicted octanol–water partition coefficient (Wildman–Crippen LogP) is 4.38. The Morgan fingerprint density at radius 3 is 2.41 bits per heavy atom. The molecule has 0 saturated carbocycles. The normalized spacial score (nSPS) is 15.1. The third-order valence-corrected chi connectivity index (χ3v) is 7.25. The number of fused-ring (bicyclic) bond motifs is 1. The minimum atomic E-state index is -0.888. The molecule has 196 valence electrons. The van der Waals surface area contributed by atoms with Crippen molar-refractivity contribution in [2.45, 2.75) is 38.8 Å². The fraction of sp³-hybridized carbons (Fsp3) is 0.370. The van der Waals surface area contributed by atoms with Gasteiger partial charge in [-0.1, -0.05) is 35.3 Å². The lowest BCUT2D eigenvalue weighted by Crippen LogP contribution is -2.40. The fourth-order valence-electron chi connectivity index (χ4n) is 4.42. The molecule has 1 aliphatic rings. The number of imide groups is 1. The van der Waals surface area contributed by atoms with E-state index in [4.69, 9.17) is 23.2 Å². The van der Waals surface area contributed by atoms with Crippen molar-refractivity contribution in [3.8, 4) is 0 Å². The van der Waals surface area contributed by atoms with Gasteiger partial charge in [-0.2, -0.15) is 0 Å². The van der Waals surface area contributed by atoms with Gasteiger partial charge in [0.2, 0.25) is 0 Å². The molecule has 3 N–H and O–H groups in total. The Morgan fingerprint density at radius 1 is 1.03 bits per heavy atom. The Morgan fingerprint density at radius 2 is 1.76 bits per heavy atom. The summed E-state index contributed by atoms with van der Waals surface area (Å²) in [5.74, 6) is -0.438. The monoisotopic (exact) mass is 543 g/mol. The Hall–Kier alpha value is -3.07. The van der Waals surface area contributed by atoms with Crippen LogP contribution in [0.3, 0.4) is 0 Å². The average Bonchev–Trinajstić information content (AvgIpc) is 3.29. The summed E-state index contributed by atoms with van der Waals surface area (Å²) >= 11 is 12.1. The topological polar surface area (TPSA) is 97.5 Å². The molecule has 0 atom stereocenters. The molecule has 4 amide bonds. The smallest absolute Gasteiger partial charge is 0.325 e. The zero-order valence-corrected chi connectivity index (χ0v) is 22.9. The minimum absolute atomic E-state index is 0.209. The van der Waals surface area contributed by atoms with Crippen molar-refractivity contribution in [2.24, 2.45) is 0 Å². The molecule has 4 rings (SSSR count). The highest BCUT2D eigenvalue weighted by atomic mass is 35.5. The first-order valence-electron chi connectivity index (χ1n) is 12.1. The zero-order chi connectivity index (χ0) is 26.9. The molecule has 1 fully saturated rings. The SMILES string of the molecule is CN(C)CCc1c(C(=O)NCc2ccc(Cl)c(Cl)c2)[nH]c2ccc(CCN3C(=O)NC(C)(C)C3=O)cc12. The fourth-order valence-corrected chi connectivity index (χ4v) is 4.74. The Kier molecular flexibility index (Phi) is 7.83. The van der Waals surface area contributed by atoms with Crippen molar-refractivity contribution < 1.29 is 14.4 Å². The van der Waals surface area contributed by atoms with Crippen molar-refractivity contribution in [1.82, 2.24) is 25.4 Å². The number of aromatic amines is 1. The maximum absolute atomic E-state index is 13.2. The molecule has 8 nitrogen and oxygen atoms in total. The van der Waals surface area contributed by atoms with E-state index < -0.39 is 5.54 Å². The summed E-state index contributed by atoms with van der Waals surface area (Å²) in [5.41, 5.74) is 3.23. The van der Waals surface area contributed by atoms with Crippen LogP contribution in [-0.2, 0) is 24.2 Å². The largest absolute Gasteiger partial charge is 0.350 e. The molecule has 37 heavy (non-hydrogen) atoms. The van der Waals surface area contributed by atoms with Crippen molar-refractivity contribution in [2.75, 3.05) is 27.2 Å². The Labute approximate surface area is 226 Å². The number of aromatic nitrogens is 1. The highest BCUT2D eigenvalue weighted by molar-refractivity contribution is 6.42. The van der Waals surface area contributed by atoms with Crippen LogP contribution in [0.25, 0.3) is 10.9 Å². The maximum Gasteiger partial charge on any atom is 0.325 e. The molecule has 1 aliphatic heterocycles. The number of likely N-dealkylation sites (N-methyl/N-ethyl adjacent to an activating group) is 1. The van der Waals surface area contributed by atoms with Gasteiger partial charge in [0.1, 0.15) is 11.2 Å². The standard InChI is InChI=1S/C27H31Cl2N5O3/c1-27(2)25(36)34(26(37)32-27)12-9-16-6-8-22-19(13-16)18(10-11-33(3)4)23(31-22)24(35)30-15-17-5-7-20(28)21(29)14-17/h5-8,13-14,31H,9-12,15H2,1-4H3,(H,30,35)(H,32,37). The number of nitrogens with zero attached hydrogens (tertiary/aromatic N) is 2. The van der Waals surface area contributed by atoms with Gasteiger partial charge in [-0.15, -0.1) is 0 Å². The van der Waals surface area contributed by atoms with Gasteiger partial charge in [0.15, 0.2) is 0 Å². The number of carbonyl (C=O) groups excluding carboxylic acids is 3. The number of rotatable bonds is 9. The molecule has 0 radical (unpaired) electrons. The first-order chi connectivity index (χ1) is 17.5. The van der Waals surface area contributed by atoms with E-state index in [9.17, 15) is 14.4 Å². The van der Waals surface area contributed by atoms with E-state index in [0.717, 1.165) is 34.1 Å². The molecule has 0 spiro atoms. The molecule has 2 aromatic carbocycles. The number of halogens is 2. The molecule has 0 aliphatic carbocycles. The molecule has 0 unspecified atom stereocenters. The van der Waals surface area contributed by atoms with Crippen LogP contribution >= 0.6 is 23.2 Å². The van der Waals surface area contributed by atoms with Gasteiger partial charge >= 0.3 is 6.03 Å². The van der Waals surface area contributed by atoms with E-state index in [-0.39, 0.29) is 24.4 Å². The molecule has 1 aromatic heterocycles. The third kappa shape index (κ3) is 5.92. The number of amides is 4. The van der Waals surface area contributed by atoms with E-state index in [2.05, 4.69) is 20.5 Å². The summed E-state index contributed by atoms with van der Waals surface area (Å²) < 4.78 is 0. The lowest BCUT2D eigenvalue weighted by Gasteiger charge is -2.16. The van der Waals surface area contributed by atoms with Crippen molar-refractivity contribution in [3.05, 3.63) is 68.8 Å². The molecule has 0 bridgehead atoms. The molecule has 2 heterocycles. The number of urea groups is 1. The second-order valence-electron chi connectivity index (χ2n) is 10.1. The predicted molar refractivity (Wildman–Crippen MR) is 146 cm³/mol. The second-order valence-corrected chi connectivity index (χ2v) is 10.9. The van der Waals surface area contributed by atoms with E-state index in [1.807, 2.05) is 38.4 Å². The average molecular weight is 544 g/mol. The van der Waals surface area contributed by atoms with Crippen LogP contribution in [-0.4, -0.2) is 65.4 Å². The van der Waals surface area contributed by atoms with Gasteiger partial charge < -0.3 is 20.5 Å². The number of carbonyl (C=O) groups is 3. The summed E-state index contributed by atoms with van der Waals surface area (Å²) in [6, 6.07) is 10.8. The van der Waals surface area contributed by atoms with E-state index in [1.54, 1.807) is 26.0 Å². The van der Waals surface area contributed by atoms with Gasteiger partial charge in [0.25, 0.3) is 11.8 Å². The number of H-pyrrole nitrogens is 1. The van der Waals surface area contributed by atoms with Crippen molar-refractivity contribution in [1.29, 1.82) is 0 Å². The van der Waals surface area contributed by atoms with Gasteiger partial charge in [-0.3, -0.25) is 14.5 Å². The van der Waals surface area contributed by atoms with Crippen LogP contribution in [0.15, 0.2) is 36.4 Å². The van der Waals surface area contributed by atoms with Crippen LogP contribution in [0.5, 0.6) is 0 Å². The molecule has 10 heteroatoms. The molecular weight excluding hydrogens is 513 g/mol. The Bertz CT molecular complexity index is 1370. The van der Waals surface area contributed by atoms with Crippen LogP contribution in [0, 0.1) is 0 Å². The van der Waals surface area contributed by atoms with E-state index >= 15 is 0 Å². The van der Waals surface area contributed by atoms with Gasteiger partial charge in [-0.05, 0) is 81.7 Å². The summed E-state index contributed by atoms with van der Waals surface area (Å²) in [5, 5.41) is 7.54. The number of nitrogens with one attached hydrogen (secondary N) is 3. The third-order valence-electron chi connectivity index (χ3n) is 6.51. The summed E-state index contributed by atoms with van der Waals surface area (Å²) in [6.45, 7) is 4.76. The van der Waals surface area contributed by atoms with E-state index in [1.165, 1.54) is 4.90 Å². The summed E-state index contributed by atoms with van der Waals surface area (Å²) in [7, 11) is 3.98. The lowest BCUT2D eigenvalue weighted by molar-refractivity contribution is -0.130. The van der Waals surface area contributed by atoms with Gasteiger partial charge in [0.05, 0.1) is 10.0 Å². The van der Waals surface area contributed by atoms with Crippen molar-refractivity contribution >= 4 is 52.0 Å². The number of hydrogen-bond donors (Lipinski definition) is 3. The van der Waals surface area contributed by atoms with E-state index in [0.29, 0.717) is 35.1 Å². The zero-order valence-electron chi connectivity index (χ0n) is 21.4. The van der Waals surface area contributed by atoms with Crippen LogP contribution in [0.2, 0.25) is 10.0 Å². The highest BCUT2D eigenvalue weighted by Gasteiger charge is 2.43. The summed E-state index contributed by atoms with van der Waals surface area (Å²) in [4.78, 5) is 44.6. The minimum Gasteiger partial charge on any atom is -0.350 e. The van der Waals surface area contributed by atoms with Crippen molar-refractivity contribution in [3.63, 3.8) is 0 Å². The lowest BCUT2D eigenvalue weighted by atomic mass is 10.0. The summed E-state index contributed by atoms with van der Waals surface area (Å²) in [6.07, 6.45) is 1.19.